The van der Waals surface area contributed by atoms with Crippen LogP contribution < -0.4 is 10.5 Å². The minimum atomic E-state index is -0.580. The second-order valence-corrected chi connectivity index (χ2v) is 5.32. The van der Waals surface area contributed by atoms with Gasteiger partial charge in [-0.2, -0.15) is 0 Å². The summed E-state index contributed by atoms with van der Waals surface area (Å²) in [7, 11) is 0. The highest BCUT2D eigenvalue weighted by molar-refractivity contribution is 6.01. The summed E-state index contributed by atoms with van der Waals surface area (Å²) >= 11 is 0. The maximum absolute atomic E-state index is 12.1. The molecule has 1 aromatic carbocycles. The molecule has 0 saturated carbocycles. The van der Waals surface area contributed by atoms with Crippen molar-refractivity contribution in [3.8, 4) is 0 Å². The number of anilines is 1. The zero-order valence-corrected chi connectivity index (χ0v) is 12.1. The van der Waals surface area contributed by atoms with E-state index in [-0.39, 0.29) is 5.56 Å². The topological polar surface area (TPSA) is 59.8 Å². The second-order valence-electron chi connectivity index (χ2n) is 5.32. The fourth-order valence-electron chi connectivity index (χ4n) is 2.92. The van der Waals surface area contributed by atoms with E-state index < -0.39 is 5.63 Å². The van der Waals surface area contributed by atoms with Gasteiger partial charge in [-0.25, -0.2) is 4.79 Å². The number of benzene rings is 1. The standard InChI is InChI=1S/C16H17NO4/c1-10-7-11(2)14-13(8-10)21-16(19)12(9-18)15(14)17-3-5-20-6-4-17/h7-9H,3-6H2,1-2H3. The summed E-state index contributed by atoms with van der Waals surface area (Å²) in [6.45, 7) is 6.41. The summed E-state index contributed by atoms with van der Waals surface area (Å²) in [6, 6.07) is 3.86. The minimum Gasteiger partial charge on any atom is -0.422 e. The molecule has 5 nitrogen and oxygen atoms in total. The third-order valence-corrected chi connectivity index (χ3v) is 3.80. The zero-order chi connectivity index (χ0) is 15.0. The molecule has 1 aliphatic rings. The number of aldehydes is 1. The molecule has 0 spiro atoms. The number of ether oxygens (including phenoxy) is 1. The number of rotatable bonds is 2. The monoisotopic (exact) mass is 287 g/mol. The first-order valence-electron chi connectivity index (χ1n) is 6.97. The average molecular weight is 287 g/mol. The number of hydrogen-bond donors (Lipinski definition) is 0. The number of morpholine rings is 1. The third-order valence-electron chi connectivity index (χ3n) is 3.80. The molecule has 2 heterocycles. The normalized spacial score (nSPS) is 15.4. The molecule has 0 amide bonds. The van der Waals surface area contributed by atoms with Crippen molar-refractivity contribution in [2.75, 3.05) is 31.2 Å². The zero-order valence-electron chi connectivity index (χ0n) is 12.1. The van der Waals surface area contributed by atoms with Gasteiger partial charge in [0.2, 0.25) is 0 Å². The van der Waals surface area contributed by atoms with Gasteiger partial charge in [0.15, 0.2) is 6.29 Å². The molecule has 0 aliphatic carbocycles. The highest BCUT2D eigenvalue weighted by atomic mass is 16.5. The van der Waals surface area contributed by atoms with Crippen molar-refractivity contribution in [2.45, 2.75) is 13.8 Å². The van der Waals surface area contributed by atoms with Crippen molar-refractivity contribution in [1.82, 2.24) is 0 Å². The van der Waals surface area contributed by atoms with E-state index in [0.29, 0.717) is 43.9 Å². The van der Waals surface area contributed by atoms with Gasteiger partial charge < -0.3 is 14.1 Å². The quantitative estimate of drug-likeness (QED) is 0.625. The molecule has 21 heavy (non-hydrogen) atoms. The van der Waals surface area contributed by atoms with E-state index in [0.717, 1.165) is 16.5 Å². The fourth-order valence-corrected chi connectivity index (χ4v) is 2.92. The van der Waals surface area contributed by atoms with Gasteiger partial charge >= 0.3 is 5.63 Å². The SMILES string of the molecule is Cc1cc(C)c2c(N3CCOCC3)c(C=O)c(=O)oc2c1. The van der Waals surface area contributed by atoms with E-state index >= 15 is 0 Å². The van der Waals surface area contributed by atoms with Crippen LogP contribution >= 0.6 is 0 Å². The van der Waals surface area contributed by atoms with Gasteiger partial charge in [-0.3, -0.25) is 4.79 Å². The molecule has 5 heteroatoms. The highest BCUT2D eigenvalue weighted by Crippen LogP contribution is 2.32. The van der Waals surface area contributed by atoms with Crippen LogP contribution in [0.25, 0.3) is 11.0 Å². The summed E-state index contributed by atoms with van der Waals surface area (Å²) in [5, 5.41) is 0.837. The third kappa shape index (κ3) is 2.34. The van der Waals surface area contributed by atoms with Crippen LogP contribution in [0.4, 0.5) is 5.69 Å². The Kier molecular flexibility index (Phi) is 3.51. The molecule has 110 valence electrons. The molecule has 0 radical (unpaired) electrons. The van der Waals surface area contributed by atoms with Crippen LogP contribution in [0.5, 0.6) is 0 Å². The molecule has 0 atom stereocenters. The van der Waals surface area contributed by atoms with Gasteiger partial charge in [0.05, 0.1) is 18.9 Å². The Labute approximate surface area is 122 Å². The van der Waals surface area contributed by atoms with E-state index in [1.54, 1.807) is 0 Å². The predicted molar refractivity (Wildman–Crippen MR) is 80.4 cm³/mol. The number of carbonyl (C=O) groups is 1. The fraction of sp³-hybridized carbons (Fsp3) is 0.375. The Morgan fingerprint density at radius 3 is 2.57 bits per heavy atom. The first-order valence-corrected chi connectivity index (χ1v) is 6.97. The molecule has 1 fully saturated rings. The van der Waals surface area contributed by atoms with Crippen LogP contribution in [0.1, 0.15) is 21.5 Å². The van der Waals surface area contributed by atoms with E-state index in [1.807, 2.05) is 30.9 Å². The van der Waals surface area contributed by atoms with Crippen LogP contribution in [-0.4, -0.2) is 32.6 Å². The minimum absolute atomic E-state index is 0.0938. The van der Waals surface area contributed by atoms with Crippen molar-refractivity contribution in [2.24, 2.45) is 0 Å². The molecule has 1 aliphatic heterocycles. The summed E-state index contributed by atoms with van der Waals surface area (Å²) < 4.78 is 10.7. The first kappa shape index (κ1) is 13.8. The van der Waals surface area contributed by atoms with E-state index in [2.05, 4.69) is 0 Å². The van der Waals surface area contributed by atoms with Gasteiger partial charge in [-0.1, -0.05) is 6.07 Å². The van der Waals surface area contributed by atoms with Gasteiger partial charge in [0.1, 0.15) is 11.1 Å². The summed E-state index contributed by atoms with van der Waals surface area (Å²) in [5.74, 6) is 0. The molecule has 2 aromatic rings. The van der Waals surface area contributed by atoms with Gasteiger partial charge in [0, 0.05) is 18.5 Å². The summed E-state index contributed by atoms with van der Waals surface area (Å²) in [6.07, 6.45) is 0.593. The lowest BCUT2D eigenvalue weighted by atomic mass is 10.0. The molecule has 3 rings (SSSR count). The largest absolute Gasteiger partial charge is 0.422 e. The van der Waals surface area contributed by atoms with Crippen LogP contribution in [-0.2, 0) is 4.74 Å². The lowest BCUT2D eigenvalue weighted by molar-refractivity contribution is 0.111. The Balaban J connectivity index is 2.37. The van der Waals surface area contributed by atoms with Gasteiger partial charge in [-0.15, -0.1) is 0 Å². The van der Waals surface area contributed by atoms with Gasteiger partial charge in [-0.05, 0) is 31.0 Å². The van der Waals surface area contributed by atoms with Crippen molar-refractivity contribution in [1.29, 1.82) is 0 Å². The maximum atomic E-state index is 12.1. The van der Waals surface area contributed by atoms with Crippen molar-refractivity contribution < 1.29 is 13.9 Å². The van der Waals surface area contributed by atoms with Gasteiger partial charge in [0.25, 0.3) is 0 Å². The molecule has 0 bridgehead atoms. The Morgan fingerprint density at radius 2 is 1.90 bits per heavy atom. The van der Waals surface area contributed by atoms with Crippen LogP contribution in [0.3, 0.4) is 0 Å². The van der Waals surface area contributed by atoms with Crippen LogP contribution in [0.2, 0.25) is 0 Å². The van der Waals surface area contributed by atoms with Crippen molar-refractivity contribution in [3.63, 3.8) is 0 Å². The molecule has 0 N–H and O–H groups in total. The van der Waals surface area contributed by atoms with Crippen LogP contribution in [0.15, 0.2) is 21.3 Å². The number of aryl methyl sites for hydroxylation is 2. The van der Waals surface area contributed by atoms with E-state index in [1.165, 1.54) is 0 Å². The Hall–Kier alpha value is -2.14. The summed E-state index contributed by atoms with van der Waals surface area (Å²) in [5.41, 5.74) is 2.75. The highest BCUT2D eigenvalue weighted by Gasteiger charge is 2.22. The van der Waals surface area contributed by atoms with Crippen molar-refractivity contribution >= 4 is 22.9 Å². The smallest absolute Gasteiger partial charge is 0.349 e. The van der Waals surface area contributed by atoms with E-state index in [4.69, 9.17) is 9.15 Å². The molecule has 0 unspecified atom stereocenters. The molecule has 1 saturated heterocycles. The number of hydrogen-bond acceptors (Lipinski definition) is 5. The molecular formula is C16H17NO4. The number of nitrogens with zero attached hydrogens (tertiary/aromatic N) is 1. The average Bonchev–Trinajstić information content (AvgIpc) is 2.46. The number of fused-ring (bicyclic) bond motifs is 1. The first-order chi connectivity index (χ1) is 10.1. The van der Waals surface area contributed by atoms with Crippen molar-refractivity contribution in [3.05, 3.63) is 39.2 Å². The lowest BCUT2D eigenvalue weighted by Gasteiger charge is -2.30. The predicted octanol–water partition coefficient (Wildman–Crippen LogP) is 2.06. The summed E-state index contributed by atoms with van der Waals surface area (Å²) in [4.78, 5) is 25.5. The maximum Gasteiger partial charge on any atom is 0.349 e. The lowest BCUT2D eigenvalue weighted by Crippen LogP contribution is -2.37. The van der Waals surface area contributed by atoms with Crippen LogP contribution in [0, 0.1) is 13.8 Å². The second kappa shape index (κ2) is 5.33. The Morgan fingerprint density at radius 1 is 1.19 bits per heavy atom. The Bertz CT molecular complexity index is 757. The molecular weight excluding hydrogens is 270 g/mol. The van der Waals surface area contributed by atoms with E-state index in [9.17, 15) is 9.59 Å². The molecule has 1 aromatic heterocycles. The number of carbonyl (C=O) groups excluding carboxylic acids is 1.